The summed E-state index contributed by atoms with van der Waals surface area (Å²) < 4.78 is 4.92. The Hall–Kier alpha value is -3.79. The summed E-state index contributed by atoms with van der Waals surface area (Å²) in [4.78, 5) is 50.8. The van der Waals surface area contributed by atoms with Crippen LogP contribution in [0.1, 0.15) is 17.3 Å². The van der Waals surface area contributed by atoms with Crippen LogP contribution in [0.3, 0.4) is 0 Å². The summed E-state index contributed by atoms with van der Waals surface area (Å²) in [6.07, 6.45) is 0. The Morgan fingerprint density at radius 1 is 1.06 bits per heavy atom. The lowest BCUT2D eigenvalue weighted by Crippen LogP contribution is -2.43. The summed E-state index contributed by atoms with van der Waals surface area (Å²) in [5.41, 5.74) is 1.19. The number of rotatable bonds is 6. The van der Waals surface area contributed by atoms with Gasteiger partial charge in [-0.1, -0.05) is 16.8 Å². The Bertz CT molecular complexity index is 1100. The van der Waals surface area contributed by atoms with Crippen LogP contribution in [0.15, 0.2) is 58.9 Å². The quantitative estimate of drug-likeness (QED) is 0.527. The van der Waals surface area contributed by atoms with Gasteiger partial charge in [0.2, 0.25) is 5.91 Å². The van der Waals surface area contributed by atoms with Crippen molar-refractivity contribution in [3.8, 4) is 0 Å². The molecule has 2 aromatic carbocycles. The maximum Gasteiger partial charge on any atom is 0.338 e. The van der Waals surface area contributed by atoms with Gasteiger partial charge in [0.25, 0.3) is 11.8 Å². The zero-order valence-corrected chi connectivity index (χ0v) is 17.7. The number of anilines is 2. The number of ether oxygens (including phenoxy) is 1. The topological polar surface area (TPSA) is 121 Å². The van der Waals surface area contributed by atoms with Gasteiger partial charge in [-0.3, -0.25) is 19.4 Å². The minimum atomic E-state index is -1.00. The van der Waals surface area contributed by atoms with Crippen LogP contribution in [0.4, 0.5) is 11.4 Å². The number of hydrogen-bond donors (Lipinski definition) is 1. The first kappa shape index (κ1) is 21.4. The van der Waals surface area contributed by atoms with E-state index in [9.17, 15) is 19.2 Å². The Morgan fingerprint density at radius 3 is 2.41 bits per heavy atom. The van der Waals surface area contributed by atoms with Crippen LogP contribution >= 0.6 is 11.6 Å². The molecule has 0 radical (unpaired) electrons. The molecule has 3 amide bonds. The Labute approximate surface area is 187 Å². The van der Waals surface area contributed by atoms with Gasteiger partial charge >= 0.3 is 5.97 Å². The summed E-state index contributed by atoms with van der Waals surface area (Å²) in [6.45, 7) is 1.70. The van der Waals surface area contributed by atoms with Crippen molar-refractivity contribution in [3.05, 3.63) is 59.1 Å². The van der Waals surface area contributed by atoms with Gasteiger partial charge in [-0.15, -0.1) is 0 Å². The van der Waals surface area contributed by atoms with Gasteiger partial charge in [-0.2, -0.15) is 5.11 Å². The molecule has 164 valence electrons. The highest BCUT2D eigenvalue weighted by Gasteiger charge is 2.55. The average Bonchev–Trinajstić information content (AvgIpc) is 3.29. The van der Waals surface area contributed by atoms with Crippen molar-refractivity contribution in [1.82, 2.24) is 5.01 Å². The van der Waals surface area contributed by atoms with Crippen LogP contribution in [0, 0.1) is 0 Å². The number of nitrogens with zero attached hydrogens (tertiary/aromatic N) is 4. The fourth-order valence-electron chi connectivity index (χ4n) is 3.45. The second kappa shape index (κ2) is 8.75. The molecular weight excluding hydrogens is 438 g/mol. The predicted molar refractivity (Wildman–Crippen MR) is 114 cm³/mol. The zero-order valence-electron chi connectivity index (χ0n) is 16.9. The van der Waals surface area contributed by atoms with E-state index in [0.717, 1.165) is 4.90 Å². The number of halogens is 1. The monoisotopic (exact) mass is 455 g/mol. The third kappa shape index (κ3) is 4.04. The molecule has 11 heteroatoms. The number of carbonyl (C=O) groups is 4. The van der Waals surface area contributed by atoms with Crippen LogP contribution < -0.4 is 10.2 Å². The molecular formula is C21H18ClN5O5. The van der Waals surface area contributed by atoms with Gasteiger partial charge in [0, 0.05) is 10.7 Å². The van der Waals surface area contributed by atoms with Gasteiger partial charge in [0.1, 0.15) is 6.54 Å². The molecule has 10 nitrogen and oxygen atoms in total. The van der Waals surface area contributed by atoms with Crippen LogP contribution in [0.2, 0.25) is 5.02 Å². The first-order valence-electron chi connectivity index (χ1n) is 9.77. The fraction of sp³-hybridized carbons (Fsp3) is 0.238. The standard InChI is InChI=1S/C21H18ClN5O5/c1-2-32-21(31)12-3-7-14(8-4-12)23-16(28)11-26-18-17(24-25-26)19(29)27(20(18)30)15-9-5-13(22)6-10-15/h3-10,17-18H,2,11H2,1H3,(H,23,28)/t17-,18+/m0/s1. The molecule has 32 heavy (non-hydrogen) atoms. The van der Waals surface area contributed by atoms with Gasteiger partial charge < -0.3 is 10.1 Å². The van der Waals surface area contributed by atoms with E-state index in [0.29, 0.717) is 22.0 Å². The van der Waals surface area contributed by atoms with E-state index >= 15 is 0 Å². The third-order valence-corrected chi connectivity index (χ3v) is 5.18. The molecule has 2 heterocycles. The molecule has 1 saturated heterocycles. The minimum absolute atomic E-state index is 0.264. The molecule has 2 aromatic rings. The Balaban J connectivity index is 1.41. The fourth-order valence-corrected chi connectivity index (χ4v) is 3.58. The first-order valence-corrected chi connectivity index (χ1v) is 10.1. The highest BCUT2D eigenvalue weighted by Crippen LogP contribution is 2.32. The smallest absolute Gasteiger partial charge is 0.338 e. The molecule has 0 aliphatic carbocycles. The van der Waals surface area contributed by atoms with E-state index in [1.54, 1.807) is 43.3 Å². The van der Waals surface area contributed by atoms with E-state index < -0.39 is 35.8 Å². The number of imide groups is 1. The largest absolute Gasteiger partial charge is 0.462 e. The van der Waals surface area contributed by atoms with Crippen molar-refractivity contribution in [2.24, 2.45) is 10.3 Å². The zero-order chi connectivity index (χ0) is 22.8. The molecule has 0 bridgehead atoms. The van der Waals surface area contributed by atoms with Crippen LogP contribution in [0.25, 0.3) is 0 Å². The van der Waals surface area contributed by atoms with E-state index in [-0.39, 0.29) is 13.2 Å². The summed E-state index contributed by atoms with van der Waals surface area (Å²) in [5.74, 6) is -1.94. The normalized spacial score (nSPS) is 19.3. The predicted octanol–water partition coefficient (Wildman–Crippen LogP) is 2.45. The molecule has 1 fully saturated rings. The SMILES string of the molecule is CCOC(=O)c1ccc(NC(=O)CN2N=N[C@@H]3C(=O)N(c4ccc(Cl)cc4)C(=O)[C@@H]32)cc1. The van der Waals surface area contributed by atoms with Crippen LogP contribution in [0.5, 0.6) is 0 Å². The van der Waals surface area contributed by atoms with Crippen LogP contribution in [-0.2, 0) is 19.1 Å². The van der Waals surface area contributed by atoms with Gasteiger partial charge in [0.05, 0.1) is 17.9 Å². The second-order valence-corrected chi connectivity index (χ2v) is 7.46. The number of esters is 1. The Morgan fingerprint density at radius 2 is 1.75 bits per heavy atom. The lowest BCUT2D eigenvalue weighted by Gasteiger charge is -2.20. The summed E-state index contributed by atoms with van der Waals surface area (Å²) in [7, 11) is 0. The lowest BCUT2D eigenvalue weighted by atomic mass is 10.1. The first-order chi connectivity index (χ1) is 15.4. The van der Waals surface area contributed by atoms with Crippen LogP contribution in [-0.4, -0.2) is 53.9 Å². The molecule has 0 unspecified atom stereocenters. The second-order valence-electron chi connectivity index (χ2n) is 7.03. The van der Waals surface area contributed by atoms with Crippen molar-refractivity contribution in [2.75, 3.05) is 23.4 Å². The van der Waals surface area contributed by atoms with Crippen molar-refractivity contribution in [3.63, 3.8) is 0 Å². The van der Waals surface area contributed by atoms with Crippen molar-refractivity contribution in [2.45, 2.75) is 19.0 Å². The van der Waals surface area contributed by atoms with E-state index in [4.69, 9.17) is 16.3 Å². The molecule has 2 atom stereocenters. The maximum atomic E-state index is 12.9. The highest BCUT2D eigenvalue weighted by molar-refractivity contribution is 6.31. The number of benzene rings is 2. The molecule has 2 aliphatic rings. The molecule has 1 N–H and O–H groups in total. The lowest BCUT2D eigenvalue weighted by molar-refractivity contribution is -0.123. The number of hydrogen-bond acceptors (Lipinski definition) is 8. The molecule has 2 aliphatic heterocycles. The number of carbonyl (C=O) groups excluding carboxylic acids is 4. The van der Waals surface area contributed by atoms with Gasteiger partial charge in [-0.05, 0) is 55.5 Å². The minimum Gasteiger partial charge on any atom is -0.462 e. The van der Waals surface area contributed by atoms with Crippen molar-refractivity contribution < 1.29 is 23.9 Å². The average molecular weight is 456 g/mol. The third-order valence-electron chi connectivity index (χ3n) is 4.93. The van der Waals surface area contributed by atoms with E-state index in [2.05, 4.69) is 15.7 Å². The van der Waals surface area contributed by atoms with Crippen molar-refractivity contribution >= 4 is 46.7 Å². The van der Waals surface area contributed by atoms with Crippen molar-refractivity contribution in [1.29, 1.82) is 0 Å². The van der Waals surface area contributed by atoms with E-state index in [1.165, 1.54) is 17.1 Å². The molecule has 4 rings (SSSR count). The summed E-state index contributed by atoms with van der Waals surface area (Å²) >= 11 is 5.87. The van der Waals surface area contributed by atoms with E-state index in [1.807, 2.05) is 0 Å². The number of fused-ring (bicyclic) bond motifs is 1. The number of nitrogens with one attached hydrogen (secondary N) is 1. The van der Waals surface area contributed by atoms with Gasteiger partial charge in [0.15, 0.2) is 12.1 Å². The summed E-state index contributed by atoms with van der Waals surface area (Å²) in [5, 5.41) is 12.1. The Kier molecular flexibility index (Phi) is 5.87. The maximum absolute atomic E-state index is 12.9. The number of amides is 3. The molecule has 0 saturated carbocycles. The molecule has 0 spiro atoms. The highest BCUT2D eigenvalue weighted by atomic mass is 35.5. The van der Waals surface area contributed by atoms with Gasteiger partial charge in [-0.25, -0.2) is 9.69 Å². The molecule has 0 aromatic heterocycles. The summed E-state index contributed by atoms with van der Waals surface area (Å²) in [6, 6.07) is 10.5.